The molecule has 0 aliphatic carbocycles. The smallest absolute Gasteiger partial charge is 0.235 e. The highest BCUT2D eigenvalue weighted by Crippen LogP contribution is 2.33. The van der Waals surface area contributed by atoms with Crippen molar-refractivity contribution in [3.05, 3.63) is 55.4 Å². The standard InChI is InChI=1S/C19H16N8/c1-2-26-17-15(14-8-21-7-12-5-3-4-6-13(12)14)9-22-10-16(17)25-19(26)27-18(20)23-11-24-27/h3-11H,2H2,1H3,(H2,20,23,24). The summed E-state index contributed by atoms with van der Waals surface area (Å²) in [6.07, 6.45) is 8.76. The van der Waals surface area contributed by atoms with Crippen LogP contribution in [0.4, 0.5) is 5.95 Å². The Labute approximate surface area is 154 Å². The van der Waals surface area contributed by atoms with Crippen LogP contribution in [0.15, 0.2) is 55.4 Å². The van der Waals surface area contributed by atoms with Gasteiger partial charge in [0.2, 0.25) is 11.9 Å². The number of aryl methyl sites for hydroxylation is 1. The van der Waals surface area contributed by atoms with Gasteiger partial charge in [-0.15, -0.1) is 0 Å². The summed E-state index contributed by atoms with van der Waals surface area (Å²) in [5.74, 6) is 0.909. The van der Waals surface area contributed by atoms with Crippen molar-refractivity contribution in [1.82, 2.24) is 34.3 Å². The minimum atomic E-state index is 0.293. The van der Waals surface area contributed by atoms with Gasteiger partial charge in [-0.2, -0.15) is 14.8 Å². The number of hydrogen-bond donors (Lipinski definition) is 1. The Balaban J connectivity index is 1.86. The molecule has 5 aromatic rings. The molecule has 0 radical (unpaired) electrons. The van der Waals surface area contributed by atoms with Gasteiger partial charge in [-0.3, -0.25) is 9.97 Å². The Morgan fingerprint density at radius 1 is 1.00 bits per heavy atom. The molecule has 0 atom stereocenters. The highest BCUT2D eigenvalue weighted by atomic mass is 15.4. The number of aromatic nitrogens is 7. The second-order valence-corrected chi connectivity index (χ2v) is 6.15. The molecule has 0 unspecified atom stereocenters. The first-order valence-corrected chi connectivity index (χ1v) is 8.61. The second kappa shape index (κ2) is 5.87. The van der Waals surface area contributed by atoms with Gasteiger partial charge >= 0.3 is 0 Å². The lowest BCUT2D eigenvalue weighted by atomic mass is 10.0. The van der Waals surface area contributed by atoms with E-state index in [4.69, 9.17) is 10.7 Å². The van der Waals surface area contributed by atoms with Crippen molar-refractivity contribution in [1.29, 1.82) is 0 Å². The molecule has 0 saturated heterocycles. The van der Waals surface area contributed by atoms with Gasteiger partial charge in [-0.1, -0.05) is 24.3 Å². The van der Waals surface area contributed by atoms with Crippen LogP contribution in [0.25, 0.3) is 38.9 Å². The number of rotatable bonds is 3. The van der Waals surface area contributed by atoms with Gasteiger partial charge in [0.25, 0.3) is 0 Å². The van der Waals surface area contributed by atoms with Crippen LogP contribution in [0, 0.1) is 0 Å². The lowest BCUT2D eigenvalue weighted by molar-refractivity contribution is 0.706. The van der Waals surface area contributed by atoms with Gasteiger partial charge in [0, 0.05) is 41.6 Å². The second-order valence-electron chi connectivity index (χ2n) is 6.15. The topological polar surface area (TPSA) is 100 Å². The van der Waals surface area contributed by atoms with Gasteiger partial charge in [0.15, 0.2) is 0 Å². The summed E-state index contributed by atoms with van der Waals surface area (Å²) in [5, 5.41) is 6.40. The first-order chi connectivity index (χ1) is 13.3. The van der Waals surface area contributed by atoms with E-state index >= 15 is 0 Å². The van der Waals surface area contributed by atoms with E-state index < -0.39 is 0 Å². The van der Waals surface area contributed by atoms with E-state index in [0.29, 0.717) is 18.4 Å². The van der Waals surface area contributed by atoms with Crippen LogP contribution in [0.1, 0.15) is 6.92 Å². The van der Waals surface area contributed by atoms with E-state index in [1.54, 1.807) is 6.20 Å². The average Bonchev–Trinajstić information content (AvgIpc) is 3.30. The maximum Gasteiger partial charge on any atom is 0.235 e. The number of nitrogen functional groups attached to an aromatic ring is 1. The van der Waals surface area contributed by atoms with Crippen LogP contribution >= 0.6 is 0 Å². The number of fused-ring (bicyclic) bond motifs is 2. The largest absolute Gasteiger partial charge is 0.368 e. The summed E-state index contributed by atoms with van der Waals surface area (Å²) in [6.45, 7) is 2.75. The van der Waals surface area contributed by atoms with Crippen LogP contribution in [0.3, 0.4) is 0 Å². The Morgan fingerprint density at radius 2 is 1.81 bits per heavy atom. The summed E-state index contributed by atoms with van der Waals surface area (Å²) in [5.41, 5.74) is 9.67. The maximum atomic E-state index is 5.95. The minimum Gasteiger partial charge on any atom is -0.368 e. The highest BCUT2D eigenvalue weighted by molar-refractivity contribution is 6.02. The highest BCUT2D eigenvalue weighted by Gasteiger charge is 2.19. The Morgan fingerprint density at radius 3 is 2.63 bits per heavy atom. The maximum absolute atomic E-state index is 5.95. The molecule has 0 aliphatic rings. The molecule has 5 rings (SSSR count). The van der Waals surface area contributed by atoms with Gasteiger partial charge in [-0.25, -0.2) is 4.98 Å². The third-order valence-electron chi connectivity index (χ3n) is 4.67. The molecule has 132 valence electrons. The Kier molecular flexibility index (Phi) is 3.36. The van der Waals surface area contributed by atoms with Crippen molar-refractivity contribution in [3.8, 4) is 17.1 Å². The lowest BCUT2D eigenvalue weighted by Crippen LogP contribution is -2.10. The predicted molar refractivity (Wildman–Crippen MR) is 103 cm³/mol. The fourth-order valence-electron chi connectivity index (χ4n) is 3.47. The third kappa shape index (κ3) is 2.27. The monoisotopic (exact) mass is 356 g/mol. The zero-order valence-electron chi connectivity index (χ0n) is 14.6. The fraction of sp³-hybridized carbons (Fsp3) is 0.105. The molecule has 0 bridgehead atoms. The number of nitrogens with two attached hydrogens (primary N) is 1. The first-order valence-electron chi connectivity index (χ1n) is 8.61. The lowest BCUT2D eigenvalue weighted by Gasteiger charge is -2.11. The van der Waals surface area contributed by atoms with Crippen molar-refractivity contribution in [2.75, 3.05) is 5.73 Å². The third-order valence-corrected chi connectivity index (χ3v) is 4.67. The van der Waals surface area contributed by atoms with Crippen molar-refractivity contribution in [3.63, 3.8) is 0 Å². The fourth-order valence-corrected chi connectivity index (χ4v) is 3.47. The van der Waals surface area contributed by atoms with Crippen LogP contribution in [-0.2, 0) is 6.54 Å². The van der Waals surface area contributed by atoms with Gasteiger partial charge in [0.05, 0.1) is 11.7 Å². The number of hydrogen-bond acceptors (Lipinski definition) is 6. The molecule has 0 fully saturated rings. The number of pyridine rings is 2. The van der Waals surface area contributed by atoms with Crippen LogP contribution in [-0.4, -0.2) is 34.3 Å². The van der Waals surface area contributed by atoms with Crippen LogP contribution < -0.4 is 5.73 Å². The molecule has 8 heteroatoms. The van der Waals surface area contributed by atoms with E-state index in [0.717, 1.165) is 32.9 Å². The number of benzene rings is 1. The van der Waals surface area contributed by atoms with Crippen molar-refractivity contribution in [2.45, 2.75) is 13.5 Å². The molecule has 4 heterocycles. The van der Waals surface area contributed by atoms with E-state index in [1.807, 2.05) is 30.7 Å². The van der Waals surface area contributed by atoms with E-state index in [1.165, 1.54) is 11.0 Å². The number of anilines is 1. The molecule has 0 spiro atoms. The normalized spacial score (nSPS) is 11.4. The SMILES string of the molecule is CCn1c(-n2ncnc2N)nc2cncc(-c3cncc4ccccc34)c21. The predicted octanol–water partition coefficient (Wildman–Crippen LogP) is 2.83. The quantitative estimate of drug-likeness (QED) is 0.533. The van der Waals surface area contributed by atoms with Gasteiger partial charge in [0.1, 0.15) is 11.8 Å². The first kappa shape index (κ1) is 15.4. The van der Waals surface area contributed by atoms with E-state index in [2.05, 4.69) is 43.7 Å². The van der Waals surface area contributed by atoms with E-state index in [9.17, 15) is 0 Å². The van der Waals surface area contributed by atoms with Crippen molar-refractivity contribution < 1.29 is 0 Å². The zero-order valence-corrected chi connectivity index (χ0v) is 14.6. The molecule has 8 nitrogen and oxygen atoms in total. The summed E-state index contributed by atoms with van der Waals surface area (Å²) < 4.78 is 3.60. The number of imidazole rings is 1. The summed E-state index contributed by atoms with van der Waals surface area (Å²) in [7, 11) is 0. The number of nitrogens with zero attached hydrogens (tertiary/aromatic N) is 7. The molecule has 4 aromatic heterocycles. The summed E-state index contributed by atoms with van der Waals surface area (Å²) >= 11 is 0. The van der Waals surface area contributed by atoms with Gasteiger partial charge < -0.3 is 10.3 Å². The molecule has 0 saturated carbocycles. The van der Waals surface area contributed by atoms with Crippen LogP contribution in [0.2, 0.25) is 0 Å². The molecule has 0 aliphatic heterocycles. The molecule has 2 N–H and O–H groups in total. The molecule has 27 heavy (non-hydrogen) atoms. The molecular weight excluding hydrogens is 340 g/mol. The summed E-state index contributed by atoms with van der Waals surface area (Å²) in [6, 6.07) is 8.18. The van der Waals surface area contributed by atoms with E-state index in [-0.39, 0.29) is 0 Å². The van der Waals surface area contributed by atoms with Gasteiger partial charge in [-0.05, 0) is 12.3 Å². The molecule has 0 amide bonds. The van der Waals surface area contributed by atoms with Crippen LogP contribution in [0.5, 0.6) is 0 Å². The average molecular weight is 356 g/mol. The van der Waals surface area contributed by atoms with Crippen molar-refractivity contribution >= 4 is 27.8 Å². The minimum absolute atomic E-state index is 0.293. The Bertz CT molecular complexity index is 1280. The Hall–Kier alpha value is -3.81. The van der Waals surface area contributed by atoms with Crippen molar-refractivity contribution in [2.24, 2.45) is 0 Å². The zero-order chi connectivity index (χ0) is 18.4. The molecular formula is C19H16N8. The molecule has 1 aromatic carbocycles. The summed E-state index contributed by atoms with van der Waals surface area (Å²) in [4.78, 5) is 17.6.